The molecule has 0 radical (unpaired) electrons. The number of rotatable bonds is 2. The summed E-state index contributed by atoms with van der Waals surface area (Å²) in [4.78, 5) is 20.2. The van der Waals surface area contributed by atoms with Gasteiger partial charge in [-0.3, -0.25) is 9.36 Å². The molecule has 0 fully saturated rings. The Hall–Kier alpha value is -2.77. The molecule has 0 saturated heterocycles. The van der Waals surface area contributed by atoms with Gasteiger partial charge in [-0.1, -0.05) is 35.1 Å². The molecule has 0 amide bonds. The zero-order valence-electron chi connectivity index (χ0n) is 14.1. The van der Waals surface area contributed by atoms with Crippen LogP contribution in [0.15, 0.2) is 52.3 Å². The molecule has 2 aromatic carbocycles. The summed E-state index contributed by atoms with van der Waals surface area (Å²) in [5, 5.41) is 0.670. The van der Waals surface area contributed by atoms with Gasteiger partial charge in [0.05, 0.1) is 4.53 Å². The first-order chi connectivity index (χ1) is 13.2. The van der Waals surface area contributed by atoms with E-state index in [0.717, 1.165) is 21.8 Å². The topological polar surface area (TPSA) is 56.1 Å². The zero-order chi connectivity index (χ0) is 18.4. The molecular weight excluding hydrogens is 386 g/mol. The van der Waals surface area contributed by atoms with E-state index in [1.165, 1.54) is 11.3 Å². The van der Waals surface area contributed by atoms with Gasteiger partial charge in [-0.15, -0.1) is 0 Å². The number of thiazole rings is 1. The predicted molar refractivity (Wildman–Crippen MR) is 104 cm³/mol. The Morgan fingerprint density at radius 2 is 1.93 bits per heavy atom. The fourth-order valence-corrected chi connectivity index (χ4v) is 4.16. The summed E-state index contributed by atoms with van der Waals surface area (Å²) < 4.78 is 13.1. The van der Waals surface area contributed by atoms with Crippen molar-refractivity contribution in [3.63, 3.8) is 0 Å². The van der Waals surface area contributed by atoms with Crippen molar-refractivity contribution < 1.29 is 9.47 Å². The molecule has 3 aromatic rings. The minimum absolute atomic E-state index is 0.0425. The third-order valence-electron chi connectivity index (χ3n) is 4.47. The largest absolute Gasteiger partial charge is 0.454 e. The molecule has 0 N–H and O–H groups in total. The van der Waals surface area contributed by atoms with E-state index in [0.29, 0.717) is 28.6 Å². The Labute approximate surface area is 163 Å². The molecule has 0 unspecified atom stereocenters. The molecule has 1 aromatic heterocycles. The lowest BCUT2D eigenvalue weighted by Crippen LogP contribution is -2.42. The first kappa shape index (κ1) is 16.4. The van der Waals surface area contributed by atoms with Crippen LogP contribution >= 0.6 is 22.9 Å². The molecule has 5 rings (SSSR count). The molecule has 0 saturated carbocycles. The number of nitrogens with zero attached hydrogens (tertiary/aromatic N) is 3. The molecule has 2 aliphatic heterocycles. The summed E-state index contributed by atoms with van der Waals surface area (Å²) in [5.41, 5.74) is 1.83. The number of fused-ring (bicyclic) bond motifs is 2. The molecule has 27 heavy (non-hydrogen) atoms. The van der Waals surface area contributed by atoms with Crippen molar-refractivity contribution in [1.82, 2.24) is 4.57 Å². The van der Waals surface area contributed by atoms with Gasteiger partial charge >= 0.3 is 0 Å². The second-order valence-electron chi connectivity index (χ2n) is 6.20. The van der Waals surface area contributed by atoms with E-state index in [-0.39, 0.29) is 12.4 Å². The maximum atomic E-state index is 12.8. The lowest BCUT2D eigenvalue weighted by molar-refractivity contribution is 0.174. The molecular formula is C19H14ClN3O3S. The standard InChI is InChI=1S/C19H14ClN3O3S/c20-13-3-1-12(2-4-13)7-17-18(24)23-10-22(9-21-19(23)27-17)14-5-6-15-16(8-14)26-11-25-15/h1-8H,9-11H2/b17-7-. The number of aromatic nitrogens is 1. The molecule has 0 bridgehead atoms. The van der Waals surface area contributed by atoms with Gasteiger partial charge in [0, 0.05) is 16.8 Å². The Morgan fingerprint density at radius 1 is 1.11 bits per heavy atom. The van der Waals surface area contributed by atoms with Crippen LogP contribution in [-0.4, -0.2) is 18.0 Å². The van der Waals surface area contributed by atoms with Gasteiger partial charge in [0.15, 0.2) is 16.3 Å². The number of benzene rings is 2. The SMILES string of the molecule is O=c1/c(=C/c2ccc(Cl)cc2)sc2n1CN(c1ccc3c(c1)OCO3)CN=2. The number of hydrogen-bond acceptors (Lipinski definition) is 6. The first-order valence-electron chi connectivity index (χ1n) is 8.33. The maximum Gasteiger partial charge on any atom is 0.271 e. The van der Waals surface area contributed by atoms with Crippen molar-refractivity contribution in [3.8, 4) is 11.5 Å². The molecule has 0 atom stereocenters. The van der Waals surface area contributed by atoms with Crippen LogP contribution in [0.3, 0.4) is 0 Å². The lowest BCUT2D eigenvalue weighted by atomic mass is 10.2. The van der Waals surface area contributed by atoms with Crippen molar-refractivity contribution in [2.24, 2.45) is 4.99 Å². The fraction of sp³-hybridized carbons (Fsp3) is 0.158. The van der Waals surface area contributed by atoms with Crippen LogP contribution in [0.2, 0.25) is 5.02 Å². The highest BCUT2D eigenvalue weighted by Gasteiger charge is 2.19. The second-order valence-corrected chi connectivity index (χ2v) is 7.64. The Balaban J connectivity index is 1.49. The van der Waals surface area contributed by atoms with Crippen LogP contribution in [0.1, 0.15) is 5.56 Å². The zero-order valence-corrected chi connectivity index (χ0v) is 15.7. The first-order valence-corrected chi connectivity index (χ1v) is 9.53. The summed E-state index contributed by atoms with van der Waals surface area (Å²) in [6, 6.07) is 13.1. The monoisotopic (exact) mass is 399 g/mol. The Bertz CT molecular complexity index is 1200. The predicted octanol–water partition coefficient (Wildman–Crippen LogP) is 2.18. The van der Waals surface area contributed by atoms with Gasteiger partial charge in [0.2, 0.25) is 6.79 Å². The van der Waals surface area contributed by atoms with Gasteiger partial charge in [0.1, 0.15) is 13.3 Å². The van der Waals surface area contributed by atoms with Gasteiger partial charge < -0.3 is 14.4 Å². The van der Waals surface area contributed by atoms with Crippen LogP contribution in [0.25, 0.3) is 6.08 Å². The van der Waals surface area contributed by atoms with Gasteiger partial charge in [-0.25, -0.2) is 4.99 Å². The number of hydrogen-bond donors (Lipinski definition) is 0. The van der Waals surface area contributed by atoms with E-state index in [4.69, 9.17) is 21.1 Å². The smallest absolute Gasteiger partial charge is 0.271 e. The minimum Gasteiger partial charge on any atom is -0.454 e. The summed E-state index contributed by atoms with van der Waals surface area (Å²) in [5.74, 6) is 1.45. The third-order valence-corrected chi connectivity index (χ3v) is 5.76. The third kappa shape index (κ3) is 2.98. The number of ether oxygens (including phenoxy) is 2. The van der Waals surface area contributed by atoms with E-state index in [1.54, 1.807) is 4.57 Å². The quantitative estimate of drug-likeness (QED) is 0.662. The van der Waals surface area contributed by atoms with Crippen LogP contribution in [0, 0.1) is 0 Å². The maximum absolute atomic E-state index is 12.8. The number of halogens is 1. The van der Waals surface area contributed by atoms with Crippen molar-refractivity contribution in [2.45, 2.75) is 6.67 Å². The summed E-state index contributed by atoms with van der Waals surface area (Å²) in [7, 11) is 0. The second kappa shape index (κ2) is 6.44. The molecule has 8 heteroatoms. The Morgan fingerprint density at radius 3 is 2.78 bits per heavy atom. The Kier molecular flexibility index (Phi) is 3.91. The number of anilines is 1. The van der Waals surface area contributed by atoms with E-state index >= 15 is 0 Å². The van der Waals surface area contributed by atoms with Crippen molar-refractivity contribution in [2.75, 3.05) is 18.4 Å². The molecule has 136 valence electrons. The van der Waals surface area contributed by atoms with Crippen molar-refractivity contribution >= 4 is 34.7 Å². The molecule has 6 nitrogen and oxygen atoms in total. The van der Waals surface area contributed by atoms with Gasteiger partial charge in [-0.2, -0.15) is 0 Å². The normalized spacial score (nSPS) is 15.6. The van der Waals surface area contributed by atoms with Crippen molar-refractivity contribution in [1.29, 1.82) is 0 Å². The van der Waals surface area contributed by atoms with Crippen LogP contribution < -0.4 is 29.3 Å². The van der Waals surface area contributed by atoms with E-state index < -0.39 is 0 Å². The highest BCUT2D eigenvalue weighted by Crippen LogP contribution is 2.35. The van der Waals surface area contributed by atoms with E-state index in [2.05, 4.69) is 4.99 Å². The average Bonchev–Trinajstić information content (AvgIpc) is 3.27. The highest BCUT2D eigenvalue weighted by molar-refractivity contribution is 7.07. The molecule has 3 heterocycles. The van der Waals surface area contributed by atoms with Crippen LogP contribution in [0.4, 0.5) is 5.69 Å². The van der Waals surface area contributed by atoms with Crippen molar-refractivity contribution in [3.05, 3.63) is 72.7 Å². The van der Waals surface area contributed by atoms with Crippen LogP contribution in [0.5, 0.6) is 11.5 Å². The summed E-state index contributed by atoms with van der Waals surface area (Å²) in [6.07, 6.45) is 1.87. The van der Waals surface area contributed by atoms with Gasteiger partial charge in [0.25, 0.3) is 5.56 Å². The fourth-order valence-electron chi connectivity index (χ4n) is 3.07. The van der Waals surface area contributed by atoms with E-state index in [9.17, 15) is 4.79 Å². The summed E-state index contributed by atoms with van der Waals surface area (Å²) >= 11 is 7.33. The average molecular weight is 400 g/mol. The van der Waals surface area contributed by atoms with E-state index in [1.807, 2.05) is 53.4 Å². The van der Waals surface area contributed by atoms with Gasteiger partial charge in [-0.05, 0) is 35.9 Å². The molecule has 0 aliphatic carbocycles. The molecule has 0 spiro atoms. The highest BCUT2D eigenvalue weighted by atomic mass is 35.5. The lowest BCUT2D eigenvalue weighted by Gasteiger charge is -2.25. The minimum atomic E-state index is -0.0425. The van der Waals surface area contributed by atoms with Crippen LogP contribution in [-0.2, 0) is 6.67 Å². The summed E-state index contributed by atoms with van der Waals surface area (Å²) in [6.45, 7) is 1.17. The molecule has 2 aliphatic rings.